The molecule has 0 saturated carbocycles. The smallest absolute Gasteiger partial charge is 0.162 e. The van der Waals surface area contributed by atoms with Gasteiger partial charge in [0.15, 0.2) is 5.82 Å². The van der Waals surface area contributed by atoms with Crippen molar-refractivity contribution in [3.05, 3.63) is 109 Å². The topological polar surface area (TPSA) is 41.9 Å². The quantitative estimate of drug-likeness (QED) is 0.268. The maximum atomic E-state index is 6.22. The molecule has 7 aromatic rings. The standard InChI is InChI=1S/C32H19N3O/c1-2-7-18(8-3-1)19-13-14-25-26(15-19)34-32-30(33-25)22-11-6-10-21-23-17-29-24(16-27(23)35(32)31(21)22)20-9-4-5-12-28(20)36-29/h1-17,25,33H. The molecule has 36 heavy (non-hydrogen) atoms. The van der Waals surface area contributed by atoms with Crippen LogP contribution in [0.4, 0.5) is 11.5 Å². The predicted molar refractivity (Wildman–Crippen MR) is 149 cm³/mol. The third kappa shape index (κ3) is 2.26. The molecule has 1 atom stereocenters. The lowest BCUT2D eigenvalue weighted by Crippen LogP contribution is -2.30. The third-order valence-corrected chi connectivity index (χ3v) is 7.72. The molecule has 2 aliphatic rings. The number of rotatable bonds is 1. The number of aromatic nitrogens is 1. The molecule has 4 heteroatoms. The number of anilines is 1. The van der Waals surface area contributed by atoms with E-state index in [-0.39, 0.29) is 6.04 Å². The molecule has 4 nitrogen and oxygen atoms in total. The van der Waals surface area contributed by atoms with Crippen LogP contribution in [0.15, 0.2) is 113 Å². The molecule has 1 N–H and O–H groups in total. The molecule has 168 valence electrons. The van der Waals surface area contributed by atoms with E-state index in [1.165, 1.54) is 32.8 Å². The second-order valence-corrected chi connectivity index (χ2v) is 9.68. The Bertz CT molecular complexity index is 2120. The van der Waals surface area contributed by atoms with Gasteiger partial charge in [0.1, 0.15) is 11.2 Å². The molecule has 4 aromatic carbocycles. The molecule has 0 spiro atoms. The highest BCUT2D eigenvalue weighted by molar-refractivity contribution is 6.25. The minimum atomic E-state index is 0.0619. The zero-order chi connectivity index (χ0) is 23.4. The number of benzene rings is 4. The summed E-state index contributed by atoms with van der Waals surface area (Å²) in [6.45, 7) is 0. The van der Waals surface area contributed by atoms with Gasteiger partial charge in [-0.15, -0.1) is 0 Å². The van der Waals surface area contributed by atoms with E-state index in [0.717, 1.165) is 44.7 Å². The summed E-state index contributed by atoms with van der Waals surface area (Å²) >= 11 is 0. The van der Waals surface area contributed by atoms with E-state index < -0.39 is 0 Å². The number of furan rings is 1. The summed E-state index contributed by atoms with van der Waals surface area (Å²) in [6, 6.07) is 29.8. The van der Waals surface area contributed by atoms with Gasteiger partial charge in [0.25, 0.3) is 0 Å². The Kier molecular flexibility index (Phi) is 3.30. The first-order chi connectivity index (χ1) is 17.8. The lowest BCUT2D eigenvalue weighted by atomic mass is 9.94. The number of nitrogens with one attached hydrogen (secondary N) is 1. The number of hydrogen-bond donors (Lipinski definition) is 1. The third-order valence-electron chi connectivity index (χ3n) is 7.72. The molecular weight excluding hydrogens is 442 g/mol. The van der Waals surface area contributed by atoms with E-state index in [1.54, 1.807) is 0 Å². The molecule has 0 fully saturated rings. The van der Waals surface area contributed by atoms with Gasteiger partial charge in [0.2, 0.25) is 0 Å². The van der Waals surface area contributed by atoms with Crippen LogP contribution in [0, 0.1) is 0 Å². The fourth-order valence-electron chi connectivity index (χ4n) is 6.09. The lowest BCUT2D eigenvalue weighted by molar-refractivity contribution is 0.669. The highest BCUT2D eigenvalue weighted by atomic mass is 16.3. The fourth-order valence-corrected chi connectivity index (χ4v) is 6.09. The molecular formula is C32H19N3O. The van der Waals surface area contributed by atoms with Crippen LogP contribution in [0.3, 0.4) is 0 Å². The van der Waals surface area contributed by atoms with Crippen LogP contribution in [0.5, 0.6) is 0 Å². The molecule has 9 rings (SSSR count). The summed E-state index contributed by atoms with van der Waals surface area (Å²) < 4.78 is 8.56. The van der Waals surface area contributed by atoms with Crippen molar-refractivity contribution in [1.82, 2.24) is 4.40 Å². The van der Waals surface area contributed by atoms with Crippen molar-refractivity contribution in [2.24, 2.45) is 4.99 Å². The summed E-state index contributed by atoms with van der Waals surface area (Å²) in [7, 11) is 0. The van der Waals surface area contributed by atoms with Crippen LogP contribution in [-0.2, 0) is 0 Å². The molecule has 1 aliphatic heterocycles. The van der Waals surface area contributed by atoms with Gasteiger partial charge in [-0.05, 0) is 35.4 Å². The Morgan fingerprint density at radius 1 is 0.750 bits per heavy atom. The van der Waals surface area contributed by atoms with Gasteiger partial charge in [-0.25, -0.2) is 4.99 Å². The van der Waals surface area contributed by atoms with E-state index >= 15 is 0 Å². The minimum Gasteiger partial charge on any atom is -0.456 e. The molecule has 1 aliphatic carbocycles. The van der Waals surface area contributed by atoms with Crippen molar-refractivity contribution in [3.8, 4) is 0 Å². The van der Waals surface area contributed by atoms with Gasteiger partial charge in [0, 0.05) is 26.9 Å². The van der Waals surface area contributed by atoms with Crippen molar-refractivity contribution in [2.75, 3.05) is 5.32 Å². The Morgan fingerprint density at radius 3 is 2.53 bits per heavy atom. The number of allylic oxidation sites excluding steroid dienone is 2. The highest BCUT2D eigenvalue weighted by Gasteiger charge is 2.29. The highest BCUT2D eigenvalue weighted by Crippen LogP contribution is 2.47. The first-order valence-corrected chi connectivity index (χ1v) is 12.3. The summed E-state index contributed by atoms with van der Waals surface area (Å²) in [4.78, 5) is 5.28. The van der Waals surface area contributed by atoms with Crippen molar-refractivity contribution in [2.45, 2.75) is 6.04 Å². The number of hydrogen-bond acceptors (Lipinski definition) is 3. The average Bonchev–Trinajstić information content (AvgIpc) is 3.57. The SMILES string of the molecule is C1=CC2Nc3c(n4c5cc6c(cc5c5cccc3c54)oc3ccccc36)N=C2C=C1c1ccccc1. The van der Waals surface area contributed by atoms with E-state index in [2.05, 4.69) is 101 Å². The van der Waals surface area contributed by atoms with Gasteiger partial charge in [0.05, 0.1) is 28.5 Å². The molecule has 3 aromatic heterocycles. The van der Waals surface area contributed by atoms with E-state index in [1.807, 2.05) is 12.1 Å². The summed E-state index contributed by atoms with van der Waals surface area (Å²) in [5.41, 5.74) is 8.72. The number of aliphatic imine (C=N–C) groups is 1. The first kappa shape index (κ1) is 18.5. The van der Waals surface area contributed by atoms with Crippen molar-refractivity contribution < 1.29 is 4.42 Å². The van der Waals surface area contributed by atoms with Gasteiger partial charge in [-0.1, -0.05) is 78.9 Å². The van der Waals surface area contributed by atoms with Gasteiger partial charge >= 0.3 is 0 Å². The molecule has 0 bridgehead atoms. The second kappa shape index (κ2) is 6.43. The maximum absolute atomic E-state index is 6.22. The average molecular weight is 462 g/mol. The van der Waals surface area contributed by atoms with Gasteiger partial charge in [-0.2, -0.15) is 0 Å². The summed E-state index contributed by atoms with van der Waals surface area (Å²) in [6.07, 6.45) is 6.63. The zero-order valence-corrected chi connectivity index (χ0v) is 19.2. The Morgan fingerprint density at radius 2 is 1.58 bits per heavy atom. The number of nitrogens with zero attached hydrogens (tertiary/aromatic N) is 2. The van der Waals surface area contributed by atoms with E-state index in [4.69, 9.17) is 9.41 Å². The Balaban J connectivity index is 1.36. The van der Waals surface area contributed by atoms with Crippen molar-refractivity contribution >= 4 is 71.9 Å². The molecule has 4 heterocycles. The first-order valence-electron chi connectivity index (χ1n) is 12.3. The Hall–Kier alpha value is -4.83. The van der Waals surface area contributed by atoms with Crippen molar-refractivity contribution in [3.63, 3.8) is 0 Å². The Labute approximate surface area is 205 Å². The molecule has 0 radical (unpaired) electrons. The van der Waals surface area contributed by atoms with Crippen LogP contribution in [0.1, 0.15) is 5.56 Å². The van der Waals surface area contributed by atoms with Crippen LogP contribution in [0.25, 0.3) is 54.7 Å². The van der Waals surface area contributed by atoms with Crippen LogP contribution < -0.4 is 5.32 Å². The van der Waals surface area contributed by atoms with Crippen LogP contribution in [0.2, 0.25) is 0 Å². The summed E-state index contributed by atoms with van der Waals surface area (Å²) in [5, 5.41) is 9.68. The predicted octanol–water partition coefficient (Wildman–Crippen LogP) is 8.10. The maximum Gasteiger partial charge on any atom is 0.162 e. The number of para-hydroxylation sites is 2. The number of fused-ring (bicyclic) bond motifs is 10. The largest absolute Gasteiger partial charge is 0.456 e. The van der Waals surface area contributed by atoms with Crippen molar-refractivity contribution in [1.29, 1.82) is 0 Å². The van der Waals surface area contributed by atoms with Gasteiger partial charge in [-0.3, -0.25) is 4.40 Å². The second-order valence-electron chi connectivity index (χ2n) is 9.68. The van der Waals surface area contributed by atoms with E-state index in [9.17, 15) is 0 Å². The lowest BCUT2D eigenvalue weighted by Gasteiger charge is -2.25. The minimum absolute atomic E-state index is 0.0619. The molecule has 1 unspecified atom stereocenters. The van der Waals surface area contributed by atoms with E-state index in [0.29, 0.717) is 0 Å². The van der Waals surface area contributed by atoms with Crippen LogP contribution in [-0.4, -0.2) is 16.2 Å². The monoisotopic (exact) mass is 461 g/mol. The zero-order valence-electron chi connectivity index (χ0n) is 19.2. The fraction of sp³-hybridized carbons (Fsp3) is 0.0312. The summed E-state index contributed by atoms with van der Waals surface area (Å²) in [5.74, 6) is 0.966. The van der Waals surface area contributed by atoms with Gasteiger partial charge < -0.3 is 9.73 Å². The van der Waals surface area contributed by atoms with Crippen LogP contribution >= 0.6 is 0 Å². The normalized spacial score (nSPS) is 17.1. The molecule has 0 saturated heterocycles. The molecule has 0 amide bonds.